The molecule has 1 aromatic rings. The molecule has 5 heteroatoms. The highest BCUT2D eigenvalue weighted by Crippen LogP contribution is 2.17. The topological polar surface area (TPSA) is 44.7 Å². The fourth-order valence-corrected chi connectivity index (χ4v) is 2.50. The molecule has 1 atom stereocenters. The number of aliphatic hydroxyl groups excluding tert-OH is 1. The predicted molar refractivity (Wildman–Crippen MR) is 80.0 cm³/mol. The van der Waals surface area contributed by atoms with Crippen LogP contribution in [0.1, 0.15) is 0 Å². The molecule has 0 spiro atoms. The van der Waals surface area contributed by atoms with Gasteiger partial charge in [0.25, 0.3) is 0 Å². The number of thioether (sulfide) groups is 1. The van der Waals surface area contributed by atoms with Crippen LogP contribution in [0.3, 0.4) is 0 Å². The van der Waals surface area contributed by atoms with Crippen LogP contribution in [-0.2, 0) is 4.74 Å². The van der Waals surface area contributed by atoms with Crippen LogP contribution >= 0.6 is 11.8 Å². The van der Waals surface area contributed by atoms with Crippen molar-refractivity contribution in [2.45, 2.75) is 11.0 Å². The number of β-amino-alcohol motifs (C(OH)–C–C–N with tert-alkyl or cyclic N) is 1. The van der Waals surface area contributed by atoms with Gasteiger partial charge in [-0.3, -0.25) is 4.90 Å². The maximum atomic E-state index is 10.0. The number of morpholine rings is 1. The number of aliphatic hydroxyl groups is 1. The number of benzene rings is 1. The van der Waals surface area contributed by atoms with Crippen molar-refractivity contribution in [3.63, 3.8) is 0 Å². The number of hydrogen-bond acceptors (Lipinski definition) is 5. The number of anilines is 1. The zero-order chi connectivity index (χ0) is 13.5. The largest absolute Gasteiger partial charge is 0.390 e. The highest BCUT2D eigenvalue weighted by atomic mass is 32.2. The van der Waals surface area contributed by atoms with E-state index in [1.54, 1.807) is 11.8 Å². The van der Waals surface area contributed by atoms with Gasteiger partial charge in [0.15, 0.2) is 0 Å². The molecule has 106 valence electrons. The molecule has 0 aliphatic carbocycles. The van der Waals surface area contributed by atoms with Gasteiger partial charge in [0.1, 0.15) is 0 Å². The Morgan fingerprint density at radius 2 is 2.00 bits per heavy atom. The van der Waals surface area contributed by atoms with Crippen molar-refractivity contribution in [2.24, 2.45) is 0 Å². The average molecular weight is 282 g/mol. The summed E-state index contributed by atoms with van der Waals surface area (Å²) >= 11 is 1.73. The predicted octanol–water partition coefficient (Wildman–Crippen LogP) is 1.51. The Bertz CT molecular complexity index is 366. The molecule has 1 fully saturated rings. The Morgan fingerprint density at radius 1 is 1.32 bits per heavy atom. The molecular formula is C14H22N2O2S. The zero-order valence-corrected chi connectivity index (χ0v) is 12.2. The highest BCUT2D eigenvalue weighted by molar-refractivity contribution is 7.98. The lowest BCUT2D eigenvalue weighted by molar-refractivity contribution is 0.0171. The van der Waals surface area contributed by atoms with E-state index in [4.69, 9.17) is 4.74 Å². The van der Waals surface area contributed by atoms with Crippen LogP contribution in [0.5, 0.6) is 0 Å². The number of hydrogen-bond donors (Lipinski definition) is 2. The van der Waals surface area contributed by atoms with Gasteiger partial charge in [-0.2, -0.15) is 0 Å². The van der Waals surface area contributed by atoms with Crippen LogP contribution in [0, 0.1) is 0 Å². The van der Waals surface area contributed by atoms with Gasteiger partial charge < -0.3 is 15.2 Å². The normalized spacial score (nSPS) is 18.2. The van der Waals surface area contributed by atoms with Crippen molar-refractivity contribution in [1.29, 1.82) is 0 Å². The molecule has 0 aromatic heterocycles. The summed E-state index contributed by atoms with van der Waals surface area (Å²) < 4.78 is 5.29. The third-order valence-corrected chi connectivity index (χ3v) is 3.95. The molecule has 2 N–H and O–H groups in total. The van der Waals surface area contributed by atoms with Crippen LogP contribution in [-0.4, -0.2) is 61.8 Å². The van der Waals surface area contributed by atoms with Crippen LogP contribution in [0.2, 0.25) is 0 Å². The quantitative estimate of drug-likeness (QED) is 0.775. The Hall–Kier alpha value is -0.750. The van der Waals surface area contributed by atoms with E-state index in [1.807, 2.05) is 12.1 Å². The molecule has 1 unspecified atom stereocenters. The number of nitrogens with one attached hydrogen (secondary N) is 1. The minimum atomic E-state index is -0.349. The Balaban J connectivity index is 1.71. The molecule has 1 aliphatic rings. The van der Waals surface area contributed by atoms with Crippen molar-refractivity contribution < 1.29 is 9.84 Å². The SMILES string of the molecule is CSc1ccc(NCC(O)CN2CCOCC2)cc1. The first kappa shape index (κ1) is 14.7. The van der Waals surface area contributed by atoms with Gasteiger partial charge in [0.05, 0.1) is 19.3 Å². The summed E-state index contributed by atoms with van der Waals surface area (Å²) in [6.07, 6.45) is 1.72. The summed E-state index contributed by atoms with van der Waals surface area (Å²) in [5.74, 6) is 0. The molecule has 0 bridgehead atoms. The first-order valence-electron chi connectivity index (χ1n) is 6.64. The lowest BCUT2D eigenvalue weighted by Gasteiger charge is -2.28. The number of nitrogens with zero attached hydrogens (tertiary/aromatic N) is 1. The van der Waals surface area contributed by atoms with Gasteiger partial charge in [-0.1, -0.05) is 0 Å². The van der Waals surface area contributed by atoms with Crippen LogP contribution in [0.15, 0.2) is 29.2 Å². The van der Waals surface area contributed by atoms with Crippen LogP contribution in [0.4, 0.5) is 5.69 Å². The highest BCUT2D eigenvalue weighted by Gasteiger charge is 2.14. The van der Waals surface area contributed by atoms with E-state index in [1.165, 1.54) is 4.90 Å². The minimum Gasteiger partial charge on any atom is -0.390 e. The standard InChI is InChI=1S/C14H22N2O2S/c1-19-14-4-2-12(3-5-14)15-10-13(17)11-16-6-8-18-9-7-16/h2-5,13,15,17H,6-11H2,1H3. The van der Waals surface area contributed by atoms with E-state index in [0.29, 0.717) is 13.1 Å². The second-order valence-electron chi connectivity index (χ2n) is 4.68. The van der Waals surface area contributed by atoms with Gasteiger partial charge in [-0.05, 0) is 30.5 Å². The lowest BCUT2D eigenvalue weighted by Crippen LogP contribution is -2.42. The van der Waals surface area contributed by atoms with Crippen molar-refractivity contribution in [3.05, 3.63) is 24.3 Å². The molecule has 1 heterocycles. The second kappa shape index (κ2) is 7.75. The number of rotatable bonds is 6. The van der Waals surface area contributed by atoms with Crippen molar-refractivity contribution in [1.82, 2.24) is 4.90 Å². The monoisotopic (exact) mass is 282 g/mol. The van der Waals surface area contributed by atoms with Gasteiger partial charge >= 0.3 is 0 Å². The fourth-order valence-electron chi connectivity index (χ4n) is 2.09. The molecular weight excluding hydrogens is 260 g/mol. The average Bonchev–Trinajstić information content (AvgIpc) is 2.47. The maximum absolute atomic E-state index is 10.0. The third-order valence-electron chi connectivity index (χ3n) is 3.20. The van der Waals surface area contributed by atoms with Crippen molar-refractivity contribution >= 4 is 17.4 Å². The van der Waals surface area contributed by atoms with E-state index in [0.717, 1.165) is 32.0 Å². The Kier molecular flexibility index (Phi) is 5.97. The first-order valence-corrected chi connectivity index (χ1v) is 7.86. The zero-order valence-electron chi connectivity index (χ0n) is 11.3. The van der Waals surface area contributed by atoms with Gasteiger partial charge in [-0.15, -0.1) is 11.8 Å². The minimum absolute atomic E-state index is 0.349. The molecule has 4 nitrogen and oxygen atoms in total. The molecule has 1 aliphatic heterocycles. The van der Waals surface area contributed by atoms with Crippen molar-refractivity contribution in [2.75, 3.05) is 51.0 Å². The first-order chi connectivity index (χ1) is 9.28. The Morgan fingerprint density at radius 3 is 2.63 bits per heavy atom. The summed E-state index contributed by atoms with van der Waals surface area (Å²) in [5.41, 5.74) is 1.05. The van der Waals surface area contributed by atoms with E-state index in [-0.39, 0.29) is 6.10 Å². The Labute approximate surface area is 119 Å². The molecule has 2 rings (SSSR count). The van der Waals surface area contributed by atoms with Crippen LogP contribution in [0.25, 0.3) is 0 Å². The molecule has 1 saturated heterocycles. The summed E-state index contributed by atoms with van der Waals surface area (Å²) in [6, 6.07) is 8.27. The second-order valence-corrected chi connectivity index (χ2v) is 5.56. The third kappa shape index (κ3) is 5.03. The molecule has 1 aromatic carbocycles. The van der Waals surface area contributed by atoms with E-state index < -0.39 is 0 Å². The maximum Gasteiger partial charge on any atom is 0.0839 e. The van der Waals surface area contributed by atoms with Crippen LogP contribution < -0.4 is 5.32 Å². The summed E-state index contributed by atoms with van der Waals surface area (Å²) in [6.45, 7) is 4.67. The smallest absolute Gasteiger partial charge is 0.0839 e. The molecule has 0 radical (unpaired) electrons. The summed E-state index contributed by atoms with van der Waals surface area (Å²) in [4.78, 5) is 3.49. The molecule has 0 amide bonds. The summed E-state index contributed by atoms with van der Waals surface area (Å²) in [7, 11) is 0. The van der Waals surface area contributed by atoms with E-state index in [9.17, 15) is 5.11 Å². The van der Waals surface area contributed by atoms with Crippen molar-refractivity contribution in [3.8, 4) is 0 Å². The van der Waals surface area contributed by atoms with Gasteiger partial charge in [0, 0.05) is 36.8 Å². The fraction of sp³-hybridized carbons (Fsp3) is 0.571. The van der Waals surface area contributed by atoms with E-state index >= 15 is 0 Å². The van der Waals surface area contributed by atoms with Gasteiger partial charge in [0.2, 0.25) is 0 Å². The number of ether oxygens (including phenoxy) is 1. The van der Waals surface area contributed by atoms with E-state index in [2.05, 4.69) is 28.6 Å². The van der Waals surface area contributed by atoms with Gasteiger partial charge in [-0.25, -0.2) is 0 Å². The summed E-state index contributed by atoms with van der Waals surface area (Å²) in [5, 5.41) is 13.3. The molecule has 19 heavy (non-hydrogen) atoms. The lowest BCUT2D eigenvalue weighted by atomic mass is 10.2. The molecule has 0 saturated carbocycles.